The molecule has 2 amide bonds. The second-order valence-electron chi connectivity index (χ2n) is 7.70. The first-order valence-electron chi connectivity index (χ1n) is 10.5. The highest BCUT2D eigenvalue weighted by molar-refractivity contribution is 5.95. The van der Waals surface area contributed by atoms with Gasteiger partial charge in [-0.05, 0) is 44.0 Å². The third kappa shape index (κ3) is 4.66. The molecule has 1 fully saturated rings. The molecule has 1 saturated carbocycles. The van der Waals surface area contributed by atoms with Crippen molar-refractivity contribution in [2.24, 2.45) is 5.92 Å². The Morgan fingerprint density at radius 1 is 1.13 bits per heavy atom. The monoisotopic (exact) mass is 420 g/mol. The standard InChI is InChI=1S/C24H25FN4O2/c1-2-28(24(31)18-9-6-10-18)16-23(30)26-22-15-21(17-7-4-3-5-8-17)27-29(22)20-13-11-19(25)12-14-20/h3-5,7-8,11-15,18H,2,6,9-10,16H2,1H3,(H,26,30). The van der Waals surface area contributed by atoms with Gasteiger partial charge in [-0.1, -0.05) is 36.8 Å². The Bertz CT molecular complexity index is 1060. The molecule has 4 rings (SSSR count). The van der Waals surface area contributed by atoms with Crippen molar-refractivity contribution in [3.05, 3.63) is 66.5 Å². The lowest BCUT2D eigenvalue weighted by Crippen LogP contribution is -2.43. The summed E-state index contributed by atoms with van der Waals surface area (Å²) in [6.07, 6.45) is 2.86. The lowest BCUT2D eigenvalue weighted by atomic mass is 9.84. The Balaban J connectivity index is 1.58. The van der Waals surface area contributed by atoms with E-state index in [1.54, 1.807) is 27.8 Å². The number of halogens is 1. The molecular weight excluding hydrogens is 395 g/mol. The summed E-state index contributed by atoms with van der Waals surface area (Å²) < 4.78 is 15.0. The molecule has 160 valence electrons. The number of anilines is 1. The topological polar surface area (TPSA) is 67.2 Å². The van der Waals surface area contributed by atoms with Crippen LogP contribution in [0, 0.1) is 11.7 Å². The number of aromatic nitrogens is 2. The second kappa shape index (κ2) is 9.12. The Hall–Kier alpha value is -3.48. The van der Waals surface area contributed by atoms with Crippen molar-refractivity contribution in [1.29, 1.82) is 0 Å². The summed E-state index contributed by atoms with van der Waals surface area (Å²) in [5.74, 6) is -0.0963. The van der Waals surface area contributed by atoms with Gasteiger partial charge in [-0.15, -0.1) is 0 Å². The molecule has 1 aliphatic carbocycles. The van der Waals surface area contributed by atoms with E-state index in [0.29, 0.717) is 23.7 Å². The number of nitrogens with zero attached hydrogens (tertiary/aromatic N) is 3. The molecule has 1 aromatic heterocycles. The first-order valence-corrected chi connectivity index (χ1v) is 10.5. The molecule has 0 radical (unpaired) electrons. The predicted octanol–water partition coefficient (Wildman–Crippen LogP) is 4.27. The number of amides is 2. The minimum absolute atomic E-state index is 0.0128. The SMILES string of the molecule is CCN(CC(=O)Nc1cc(-c2ccccc2)nn1-c1ccc(F)cc1)C(=O)C1CCC1. The van der Waals surface area contributed by atoms with Gasteiger partial charge in [0, 0.05) is 24.1 Å². The summed E-state index contributed by atoms with van der Waals surface area (Å²) in [5, 5.41) is 7.50. The van der Waals surface area contributed by atoms with E-state index < -0.39 is 0 Å². The van der Waals surface area contributed by atoms with Crippen LogP contribution >= 0.6 is 0 Å². The molecule has 0 bridgehead atoms. The molecule has 3 aromatic rings. The number of hydrogen-bond donors (Lipinski definition) is 1. The highest BCUT2D eigenvalue weighted by atomic mass is 19.1. The van der Waals surface area contributed by atoms with Gasteiger partial charge in [-0.25, -0.2) is 9.07 Å². The van der Waals surface area contributed by atoms with Crippen LogP contribution in [0.15, 0.2) is 60.7 Å². The molecule has 0 spiro atoms. The molecule has 0 unspecified atom stereocenters. The van der Waals surface area contributed by atoms with Crippen LogP contribution in [0.1, 0.15) is 26.2 Å². The smallest absolute Gasteiger partial charge is 0.245 e. The fraction of sp³-hybridized carbons (Fsp3) is 0.292. The van der Waals surface area contributed by atoms with E-state index in [4.69, 9.17) is 0 Å². The van der Waals surface area contributed by atoms with Gasteiger partial charge < -0.3 is 10.2 Å². The molecule has 6 nitrogen and oxygen atoms in total. The Morgan fingerprint density at radius 2 is 1.84 bits per heavy atom. The maximum Gasteiger partial charge on any atom is 0.245 e. The van der Waals surface area contributed by atoms with Crippen molar-refractivity contribution in [2.45, 2.75) is 26.2 Å². The van der Waals surface area contributed by atoms with Crippen molar-refractivity contribution in [2.75, 3.05) is 18.4 Å². The highest BCUT2D eigenvalue weighted by Crippen LogP contribution is 2.28. The molecule has 2 aromatic carbocycles. The van der Waals surface area contributed by atoms with Crippen molar-refractivity contribution in [3.63, 3.8) is 0 Å². The first-order chi connectivity index (χ1) is 15.0. The van der Waals surface area contributed by atoms with Crippen molar-refractivity contribution in [1.82, 2.24) is 14.7 Å². The van der Waals surface area contributed by atoms with E-state index in [2.05, 4.69) is 10.4 Å². The zero-order chi connectivity index (χ0) is 21.8. The van der Waals surface area contributed by atoms with Crippen molar-refractivity contribution < 1.29 is 14.0 Å². The van der Waals surface area contributed by atoms with Crippen molar-refractivity contribution >= 4 is 17.6 Å². The number of rotatable bonds is 7. The average Bonchev–Trinajstić information content (AvgIpc) is 3.15. The van der Waals surface area contributed by atoms with Gasteiger partial charge in [-0.2, -0.15) is 5.10 Å². The van der Waals surface area contributed by atoms with E-state index in [1.165, 1.54) is 12.1 Å². The van der Waals surface area contributed by atoms with E-state index in [0.717, 1.165) is 24.8 Å². The van der Waals surface area contributed by atoms with Gasteiger partial charge in [0.05, 0.1) is 17.9 Å². The third-order valence-electron chi connectivity index (χ3n) is 5.60. The van der Waals surface area contributed by atoms with Crippen molar-refractivity contribution in [3.8, 4) is 16.9 Å². The van der Waals surface area contributed by atoms with Crippen LogP contribution in [0.4, 0.5) is 10.2 Å². The highest BCUT2D eigenvalue weighted by Gasteiger charge is 2.29. The van der Waals surface area contributed by atoms with Crippen LogP contribution in [0.5, 0.6) is 0 Å². The summed E-state index contributed by atoms with van der Waals surface area (Å²) in [5.41, 5.74) is 2.20. The first kappa shape index (κ1) is 20.8. The molecule has 1 N–H and O–H groups in total. The predicted molar refractivity (Wildman–Crippen MR) is 117 cm³/mol. The zero-order valence-electron chi connectivity index (χ0n) is 17.4. The number of nitrogens with one attached hydrogen (secondary N) is 1. The maximum absolute atomic E-state index is 13.4. The summed E-state index contributed by atoms with van der Waals surface area (Å²) in [6.45, 7) is 2.34. The van der Waals surface area contributed by atoms with E-state index in [-0.39, 0.29) is 30.1 Å². The minimum atomic E-state index is -0.349. The van der Waals surface area contributed by atoms with Gasteiger partial charge in [-0.3, -0.25) is 9.59 Å². The molecule has 7 heteroatoms. The van der Waals surface area contributed by atoms with Gasteiger partial charge in [0.25, 0.3) is 0 Å². The molecule has 0 aliphatic heterocycles. The van der Waals surface area contributed by atoms with Gasteiger partial charge in [0.15, 0.2) is 0 Å². The number of benzene rings is 2. The maximum atomic E-state index is 13.4. The van der Waals surface area contributed by atoms with E-state index >= 15 is 0 Å². The summed E-state index contributed by atoms with van der Waals surface area (Å²) >= 11 is 0. The normalized spacial score (nSPS) is 13.5. The number of carbonyl (C=O) groups excluding carboxylic acids is 2. The molecular formula is C24H25FN4O2. The Morgan fingerprint density at radius 3 is 2.45 bits per heavy atom. The number of carbonyl (C=O) groups is 2. The Kier molecular flexibility index (Phi) is 6.11. The minimum Gasteiger partial charge on any atom is -0.333 e. The Labute approximate surface area is 180 Å². The molecule has 0 atom stereocenters. The van der Waals surface area contributed by atoms with Crippen LogP contribution in [0.2, 0.25) is 0 Å². The molecule has 31 heavy (non-hydrogen) atoms. The molecule has 1 aliphatic rings. The van der Waals surface area contributed by atoms with E-state index in [1.807, 2.05) is 37.3 Å². The number of hydrogen-bond acceptors (Lipinski definition) is 3. The van der Waals surface area contributed by atoms with Gasteiger partial charge >= 0.3 is 0 Å². The van der Waals surface area contributed by atoms with Crippen LogP contribution in [-0.4, -0.2) is 39.6 Å². The van der Waals surface area contributed by atoms with Crippen LogP contribution < -0.4 is 5.32 Å². The zero-order valence-corrected chi connectivity index (χ0v) is 17.4. The molecule has 1 heterocycles. The van der Waals surface area contributed by atoms with Crippen LogP contribution in [-0.2, 0) is 9.59 Å². The summed E-state index contributed by atoms with van der Waals surface area (Å²) in [4.78, 5) is 26.9. The third-order valence-corrected chi connectivity index (χ3v) is 5.60. The quantitative estimate of drug-likeness (QED) is 0.621. The lowest BCUT2D eigenvalue weighted by Gasteiger charge is -2.30. The fourth-order valence-corrected chi connectivity index (χ4v) is 3.61. The molecule has 0 saturated heterocycles. The second-order valence-corrected chi connectivity index (χ2v) is 7.70. The largest absolute Gasteiger partial charge is 0.333 e. The van der Waals surface area contributed by atoms with Gasteiger partial charge in [0.1, 0.15) is 11.6 Å². The van der Waals surface area contributed by atoms with Crippen LogP contribution in [0.25, 0.3) is 16.9 Å². The van der Waals surface area contributed by atoms with Gasteiger partial charge in [0.2, 0.25) is 11.8 Å². The lowest BCUT2D eigenvalue weighted by molar-refractivity contribution is -0.140. The average molecular weight is 420 g/mol. The van der Waals surface area contributed by atoms with Crippen LogP contribution in [0.3, 0.4) is 0 Å². The summed E-state index contributed by atoms with van der Waals surface area (Å²) in [6, 6.07) is 17.3. The summed E-state index contributed by atoms with van der Waals surface area (Å²) in [7, 11) is 0. The fourth-order valence-electron chi connectivity index (χ4n) is 3.61. The number of likely N-dealkylation sites (N-methyl/N-ethyl adjacent to an activating group) is 1. The van der Waals surface area contributed by atoms with E-state index in [9.17, 15) is 14.0 Å².